The first-order valence-corrected chi connectivity index (χ1v) is 12.5. The monoisotopic (exact) mass is 468 g/mol. The van der Waals surface area contributed by atoms with Crippen LogP contribution >= 0.6 is 0 Å². The molecule has 0 spiro atoms. The molecular weight excluding hydrogens is 432 g/mol. The zero-order chi connectivity index (χ0) is 24.1. The van der Waals surface area contributed by atoms with Gasteiger partial charge in [0, 0.05) is 35.8 Å². The Morgan fingerprint density at radius 1 is 0.912 bits per heavy atom. The quantitative estimate of drug-likeness (QED) is 0.401. The summed E-state index contributed by atoms with van der Waals surface area (Å²) in [5, 5.41) is 15.3. The normalized spacial score (nSPS) is 34.6. The van der Waals surface area contributed by atoms with Gasteiger partial charge in [0.05, 0.1) is 0 Å². The molecule has 4 aliphatic carbocycles. The van der Waals surface area contributed by atoms with Crippen molar-refractivity contribution in [2.75, 3.05) is 13.1 Å². The van der Waals surface area contributed by atoms with E-state index in [1.807, 2.05) is 0 Å². The molecule has 6 rings (SSSR count). The molecule has 5 fully saturated rings. The second-order valence-electron chi connectivity index (χ2n) is 12.1. The molecular formula is C26H36N4O4. The minimum absolute atomic E-state index is 0.0553. The largest absolute Gasteiger partial charge is 0.338 e. The maximum absolute atomic E-state index is 13.0. The predicted molar refractivity (Wildman–Crippen MR) is 126 cm³/mol. The lowest BCUT2D eigenvalue weighted by Crippen LogP contribution is -2.66. The second kappa shape index (κ2) is 8.26. The van der Waals surface area contributed by atoms with E-state index in [0.717, 1.165) is 38.0 Å². The molecule has 8 heteroatoms. The molecule has 4 saturated carbocycles. The van der Waals surface area contributed by atoms with Crippen LogP contribution in [0.5, 0.6) is 0 Å². The molecule has 2 atom stereocenters. The van der Waals surface area contributed by atoms with E-state index in [-0.39, 0.29) is 29.1 Å². The van der Waals surface area contributed by atoms with Gasteiger partial charge in [-0.15, -0.1) is 0 Å². The van der Waals surface area contributed by atoms with E-state index >= 15 is 0 Å². The third-order valence-corrected chi connectivity index (χ3v) is 8.62. The maximum Gasteiger partial charge on any atom is 0.315 e. The fraction of sp³-hybridized carbons (Fsp3) is 0.654. The third kappa shape index (κ3) is 4.40. The van der Waals surface area contributed by atoms with Gasteiger partial charge in [-0.25, -0.2) is 10.3 Å². The van der Waals surface area contributed by atoms with Crippen molar-refractivity contribution in [3.05, 3.63) is 35.4 Å². The molecule has 4 amide bonds. The van der Waals surface area contributed by atoms with Gasteiger partial charge in [0.15, 0.2) is 0 Å². The number of nitrogens with one attached hydrogen (secondary N) is 3. The zero-order valence-corrected chi connectivity index (χ0v) is 20.2. The molecule has 0 aromatic heterocycles. The van der Waals surface area contributed by atoms with Crippen LogP contribution in [0, 0.1) is 16.7 Å². The molecule has 8 nitrogen and oxygen atoms in total. The van der Waals surface area contributed by atoms with Gasteiger partial charge in [-0.1, -0.05) is 13.8 Å². The molecule has 4 N–H and O–H groups in total. The molecule has 34 heavy (non-hydrogen) atoms. The lowest BCUT2D eigenvalue weighted by atomic mass is 9.43. The Labute approximate surface area is 200 Å². The van der Waals surface area contributed by atoms with E-state index in [2.05, 4.69) is 24.5 Å². The molecule has 2 unspecified atom stereocenters. The second-order valence-corrected chi connectivity index (χ2v) is 12.1. The van der Waals surface area contributed by atoms with E-state index in [9.17, 15) is 14.4 Å². The summed E-state index contributed by atoms with van der Waals surface area (Å²) in [6, 6.07) is 6.22. The van der Waals surface area contributed by atoms with Gasteiger partial charge in [-0.05, 0) is 92.4 Å². The predicted octanol–water partition coefficient (Wildman–Crippen LogP) is 3.46. The zero-order valence-electron chi connectivity index (χ0n) is 20.2. The van der Waals surface area contributed by atoms with E-state index in [0.29, 0.717) is 29.5 Å². The van der Waals surface area contributed by atoms with Gasteiger partial charge in [0.1, 0.15) is 0 Å². The summed E-state index contributed by atoms with van der Waals surface area (Å²) in [7, 11) is 0. The van der Waals surface area contributed by atoms with Gasteiger partial charge in [-0.3, -0.25) is 14.8 Å². The molecule has 5 aliphatic rings. The number of benzene rings is 1. The smallest absolute Gasteiger partial charge is 0.315 e. The summed E-state index contributed by atoms with van der Waals surface area (Å²) in [6.07, 6.45) is 8.61. The van der Waals surface area contributed by atoms with Crippen LogP contribution in [0.1, 0.15) is 85.9 Å². The van der Waals surface area contributed by atoms with Gasteiger partial charge in [0.25, 0.3) is 11.8 Å². The number of hydroxylamine groups is 1. The summed E-state index contributed by atoms with van der Waals surface area (Å²) >= 11 is 0. The summed E-state index contributed by atoms with van der Waals surface area (Å²) in [4.78, 5) is 39.1. The molecule has 1 aliphatic heterocycles. The SMILES string of the molecule is CC12CC3CC(C)(C1)CC(NC(=O)NC1CCN(C(=O)c4ccc(C(=O)NO)cc4)CC1)(C3)C2. The van der Waals surface area contributed by atoms with Crippen LogP contribution in [0.2, 0.25) is 0 Å². The van der Waals surface area contributed by atoms with Crippen LogP contribution in [0.4, 0.5) is 4.79 Å². The Morgan fingerprint density at radius 3 is 2.06 bits per heavy atom. The van der Waals surface area contributed by atoms with Crippen LogP contribution < -0.4 is 16.1 Å². The average molecular weight is 469 g/mol. The highest BCUT2D eigenvalue weighted by molar-refractivity contribution is 5.97. The van der Waals surface area contributed by atoms with Crippen molar-refractivity contribution in [3.8, 4) is 0 Å². The van der Waals surface area contributed by atoms with Gasteiger partial charge >= 0.3 is 6.03 Å². The summed E-state index contributed by atoms with van der Waals surface area (Å²) in [5.41, 5.74) is 3.02. The Hall–Kier alpha value is -2.61. The number of likely N-dealkylation sites (tertiary alicyclic amines) is 1. The van der Waals surface area contributed by atoms with E-state index in [1.165, 1.54) is 31.4 Å². The maximum atomic E-state index is 13.0. The van der Waals surface area contributed by atoms with Crippen molar-refractivity contribution in [2.45, 2.75) is 76.8 Å². The Morgan fingerprint density at radius 2 is 1.50 bits per heavy atom. The standard InChI is InChI=1S/C26H36N4O4/c1-24-11-17-12-25(2,14-24)16-26(13-17,15-24)28-23(33)27-20-7-9-30(10-8-20)22(32)19-5-3-18(4-6-19)21(31)29-34/h3-6,17,20,34H,7-16H2,1-2H3,(H,29,31)(H2,27,28,33). The Bertz CT molecular complexity index is 967. The van der Waals surface area contributed by atoms with Crippen molar-refractivity contribution in [2.24, 2.45) is 16.7 Å². The lowest BCUT2D eigenvalue weighted by Gasteiger charge is -2.65. The van der Waals surface area contributed by atoms with Crippen LogP contribution in [0.3, 0.4) is 0 Å². The molecule has 1 aromatic carbocycles. The highest BCUT2D eigenvalue weighted by Gasteiger charge is 2.60. The molecule has 184 valence electrons. The van der Waals surface area contributed by atoms with Crippen molar-refractivity contribution >= 4 is 17.8 Å². The number of amides is 4. The fourth-order valence-corrected chi connectivity index (χ4v) is 8.29. The minimum atomic E-state index is -0.610. The van der Waals surface area contributed by atoms with E-state index < -0.39 is 5.91 Å². The van der Waals surface area contributed by atoms with Crippen molar-refractivity contribution < 1.29 is 19.6 Å². The molecule has 1 aromatic rings. The minimum Gasteiger partial charge on any atom is -0.338 e. The Balaban J connectivity index is 1.13. The Kier molecular flexibility index (Phi) is 5.62. The lowest BCUT2D eigenvalue weighted by molar-refractivity contribution is -0.113. The first kappa shape index (κ1) is 23.1. The number of piperidine rings is 1. The number of rotatable bonds is 4. The number of hydrogen-bond acceptors (Lipinski definition) is 4. The summed E-state index contributed by atoms with van der Waals surface area (Å²) in [5.74, 6) is 0.0303. The molecule has 0 radical (unpaired) electrons. The number of carbonyl (C=O) groups excluding carboxylic acids is 3. The van der Waals surface area contributed by atoms with E-state index in [4.69, 9.17) is 5.21 Å². The summed E-state index contributed by atoms with van der Waals surface area (Å²) < 4.78 is 0. The molecule has 4 bridgehead atoms. The third-order valence-electron chi connectivity index (χ3n) is 8.62. The van der Waals surface area contributed by atoms with Gasteiger partial charge in [-0.2, -0.15) is 0 Å². The summed E-state index contributed by atoms with van der Waals surface area (Å²) in [6.45, 7) is 5.97. The fourth-order valence-electron chi connectivity index (χ4n) is 8.29. The van der Waals surface area contributed by atoms with Crippen LogP contribution in [0.15, 0.2) is 24.3 Å². The number of hydrogen-bond donors (Lipinski definition) is 4. The van der Waals surface area contributed by atoms with Gasteiger partial charge < -0.3 is 15.5 Å². The topological polar surface area (TPSA) is 111 Å². The molecule has 1 heterocycles. The van der Waals surface area contributed by atoms with Crippen molar-refractivity contribution in [1.29, 1.82) is 0 Å². The molecule has 1 saturated heterocycles. The van der Waals surface area contributed by atoms with Crippen LogP contribution in [-0.2, 0) is 0 Å². The van der Waals surface area contributed by atoms with Crippen LogP contribution in [0.25, 0.3) is 0 Å². The highest BCUT2D eigenvalue weighted by Crippen LogP contribution is 2.66. The number of urea groups is 1. The van der Waals surface area contributed by atoms with Crippen LogP contribution in [-0.4, -0.2) is 52.6 Å². The first-order valence-electron chi connectivity index (χ1n) is 12.5. The average Bonchev–Trinajstić information content (AvgIpc) is 2.75. The van der Waals surface area contributed by atoms with Gasteiger partial charge in [0.2, 0.25) is 0 Å². The van der Waals surface area contributed by atoms with Crippen molar-refractivity contribution in [3.63, 3.8) is 0 Å². The number of nitrogens with zero attached hydrogens (tertiary/aromatic N) is 1. The highest BCUT2D eigenvalue weighted by atomic mass is 16.5. The van der Waals surface area contributed by atoms with E-state index in [1.54, 1.807) is 22.5 Å². The first-order chi connectivity index (χ1) is 16.1. The van der Waals surface area contributed by atoms with Crippen molar-refractivity contribution in [1.82, 2.24) is 21.0 Å². The number of carbonyl (C=O) groups is 3.